The summed E-state index contributed by atoms with van der Waals surface area (Å²) >= 11 is 0. The second-order valence-electron chi connectivity index (χ2n) is 1.84. The first kappa shape index (κ1) is 11.3. The number of furan rings is 1. The van der Waals surface area contributed by atoms with Crippen molar-refractivity contribution in [2.24, 2.45) is 0 Å². The van der Waals surface area contributed by atoms with Gasteiger partial charge in [-0.3, -0.25) is 0 Å². The second-order valence-corrected chi connectivity index (χ2v) is 3.04. The molecule has 0 aromatic carbocycles. The Morgan fingerprint density at radius 1 is 1.25 bits per heavy atom. The van der Waals surface area contributed by atoms with E-state index in [9.17, 15) is 0 Å². The van der Waals surface area contributed by atoms with Crippen LogP contribution in [0.5, 0.6) is 0 Å². The van der Waals surface area contributed by atoms with Crippen molar-refractivity contribution in [3.05, 3.63) is 24.2 Å². The lowest BCUT2D eigenvalue weighted by atomic mass is 10.5. The molecule has 12 heavy (non-hydrogen) atoms. The first-order chi connectivity index (χ1) is 5.43. The van der Waals surface area contributed by atoms with Crippen LogP contribution in [-0.4, -0.2) is 33.3 Å². The van der Waals surface area contributed by atoms with Crippen LogP contribution in [0.1, 0.15) is 5.76 Å². The Balaban J connectivity index is 0.000000217. The van der Waals surface area contributed by atoms with E-state index in [1.807, 2.05) is 0 Å². The van der Waals surface area contributed by atoms with Gasteiger partial charge in [-0.25, -0.2) is 0 Å². The number of hydrogen-bond acceptors (Lipinski definition) is 6. The van der Waals surface area contributed by atoms with Crippen LogP contribution in [0.4, 0.5) is 0 Å². The van der Waals surface area contributed by atoms with Crippen molar-refractivity contribution in [2.75, 3.05) is 0 Å². The summed E-state index contributed by atoms with van der Waals surface area (Å²) in [6.07, 6.45) is 1.53. The van der Waals surface area contributed by atoms with E-state index < -0.39 is 9.05 Å². The van der Waals surface area contributed by atoms with E-state index in [0.717, 1.165) is 0 Å². The lowest BCUT2D eigenvalue weighted by Crippen LogP contribution is -2.33. The maximum Gasteiger partial charge on any atom is 0.668 e. The summed E-state index contributed by atoms with van der Waals surface area (Å²) in [5.74, 6) is 0.611. The maximum atomic E-state index is 8.33. The predicted molar refractivity (Wildman–Crippen MR) is 39.3 cm³/mol. The van der Waals surface area contributed by atoms with Gasteiger partial charge in [-0.1, -0.05) is 0 Å². The molecule has 0 aliphatic rings. The third-order valence-corrected chi connectivity index (χ3v) is 0.736. The van der Waals surface area contributed by atoms with Crippen LogP contribution in [0.25, 0.3) is 0 Å². The molecule has 0 radical (unpaired) electrons. The number of aliphatic hydroxyl groups excluding tert-OH is 1. The predicted octanol–water partition coefficient (Wildman–Crippen LogP) is -1.84. The van der Waals surface area contributed by atoms with Crippen LogP contribution in [0.15, 0.2) is 22.8 Å². The SMILES string of the molecule is OCc1ccco1.O[Si](O)(O)O. The van der Waals surface area contributed by atoms with Gasteiger partial charge in [0.25, 0.3) is 0 Å². The highest BCUT2D eigenvalue weighted by Crippen LogP contribution is 1.96. The van der Waals surface area contributed by atoms with Crippen LogP contribution in [0.2, 0.25) is 0 Å². The lowest BCUT2D eigenvalue weighted by Gasteiger charge is -1.91. The molecule has 0 atom stereocenters. The smallest absolute Gasteiger partial charge is 0.467 e. The Morgan fingerprint density at radius 2 is 1.75 bits per heavy atom. The van der Waals surface area contributed by atoms with Gasteiger partial charge in [0.2, 0.25) is 0 Å². The molecular formula is C5H10O6Si. The average molecular weight is 194 g/mol. The molecule has 5 N–H and O–H groups in total. The standard InChI is InChI=1S/C5H6O2.H4O4Si/c6-4-5-2-1-3-7-5;1-5(2,3)4/h1-3,6H,4H2;1-4H. The van der Waals surface area contributed by atoms with E-state index in [1.165, 1.54) is 6.26 Å². The molecule has 70 valence electrons. The molecular weight excluding hydrogens is 184 g/mol. The highest BCUT2D eigenvalue weighted by Gasteiger charge is 2.22. The van der Waals surface area contributed by atoms with E-state index in [0.29, 0.717) is 5.76 Å². The Labute approximate surface area is 69.4 Å². The lowest BCUT2D eigenvalue weighted by molar-refractivity contribution is 0.117. The molecule has 0 saturated heterocycles. The highest BCUT2D eigenvalue weighted by molar-refractivity contribution is 6.46. The molecule has 1 rings (SSSR count). The fourth-order valence-corrected chi connectivity index (χ4v) is 0.403. The quantitative estimate of drug-likeness (QED) is 0.336. The van der Waals surface area contributed by atoms with Gasteiger partial charge in [0, 0.05) is 0 Å². The first-order valence-corrected chi connectivity index (χ1v) is 4.75. The molecule has 6 nitrogen and oxygen atoms in total. The van der Waals surface area contributed by atoms with Crippen LogP contribution in [0, 0.1) is 0 Å². The van der Waals surface area contributed by atoms with E-state index >= 15 is 0 Å². The van der Waals surface area contributed by atoms with Gasteiger partial charge in [-0.15, -0.1) is 0 Å². The minimum absolute atomic E-state index is 0.00694. The van der Waals surface area contributed by atoms with Crippen molar-refractivity contribution in [1.29, 1.82) is 0 Å². The maximum absolute atomic E-state index is 8.33. The molecule has 0 saturated carbocycles. The summed E-state index contributed by atoms with van der Waals surface area (Å²) in [5, 5.41) is 8.33. The zero-order chi connectivity index (χ0) is 9.61. The van der Waals surface area contributed by atoms with Crippen molar-refractivity contribution in [1.82, 2.24) is 0 Å². The van der Waals surface area contributed by atoms with E-state index in [2.05, 4.69) is 0 Å². The van der Waals surface area contributed by atoms with Crippen molar-refractivity contribution in [2.45, 2.75) is 6.61 Å². The van der Waals surface area contributed by atoms with Crippen LogP contribution >= 0.6 is 0 Å². The topological polar surface area (TPSA) is 114 Å². The van der Waals surface area contributed by atoms with Gasteiger partial charge in [0.05, 0.1) is 6.26 Å². The fourth-order valence-electron chi connectivity index (χ4n) is 0.403. The number of aliphatic hydroxyl groups is 1. The van der Waals surface area contributed by atoms with Crippen molar-refractivity contribution >= 4 is 9.05 Å². The van der Waals surface area contributed by atoms with E-state index in [4.69, 9.17) is 28.7 Å². The van der Waals surface area contributed by atoms with Crippen LogP contribution < -0.4 is 0 Å². The Morgan fingerprint density at radius 3 is 1.92 bits per heavy atom. The fraction of sp³-hybridized carbons (Fsp3) is 0.200. The van der Waals surface area contributed by atoms with Gasteiger partial charge >= 0.3 is 9.05 Å². The molecule has 0 bridgehead atoms. The molecule has 7 heteroatoms. The van der Waals surface area contributed by atoms with Crippen molar-refractivity contribution in [3.63, 3.8) is 0 Å². The summed E-state index contributed by atoms with van der Waals surface area (Å²) in [5.41, 5.74) is 0. The summed E-state index contributed by atoms with van der Waals surface area (Å²) < 4.78 is 4.73. The Bertz CT molecular complexity index is 184. The molecule has 0 unspecified atom stereocenters. The highest BCUT2D eigenvalue weighted by atomic mass is 28.4. The van der Waals surface area contributed by atoms with Gasteiger partial charge in [0.15, 0.2) is 0 Å². The first-order valence-electron chi connectivity index (χ1n) is 2.96. The molecule has 0 spiro atoms. The van der Waals surface area contributed by atoms with Crippen molar-refractivity contribution < 1.29 is 28.7 Å². The monoisotopic (exact) mass is 194 g/mol. The third-order valence-electron chi connectivity index (χ3n) is 0.736. The Kier molecular flexibility index (Phi) is 4.74. The molecule has 0 aliphatic heterocycles. The molecule has 0 fully saturated rings. The average Bonchev–Trinajstić information content (AvgIpc) is 2.33. The normalized spacial score (nSPS) is 10.4. The molecule has 1 aromatic rings. The van der Waals surface area contributed by atoms with E-state index in [-0.39, 0.29) is 6.61 Å². The van der Waals surface area contributed by atoms with Crippen molar-refractivity contribution in [3.8, 4) is 0 Å². The van der Waals surface area contributed by atoms with E-state index in [1.54, 1.807) is 12.1 Å². The molecule has 1 heterocycles. The number of rotatable bonds is 1. The third kappa shape index (κ3) is 9.30. The van der Waals surface area contributed by atoms with Gasteiger partial charge in [-0.2, -0.15) is 0 Å². The number of hydrogen-bond donors (Lipinski definition) is 5. The largest absolute Gasteiger partial charge is 0.668 e. The van der Waals surface area contributed by atoms with Gasteiger partial charge in [0.1, 0.15) is 12.4 Å². The molecule has 0 aliphatic carbocycles. The summed E-state index contributed by atoms with van der Waals surface area (Å²) in [4.78, 5) is 29.3. The Hall–Kier alpha value is -0.703. The summed E-state index contributed by atoms with van der Waals surface area (Å²) in [6.45, 7) is -0.00694. The molecule has 1 aromatic heterocycles. The van der Waals surface area contributed by atoms with Gasteiger partial charge in [-0.05, 0) is 12.1 Å². The zero-order valence-corrected chi connectivity index (χ0v) is 7.08. The van der Waals surface area contributed by atoms with Gasteiger partial charge < -0.3 is 28.7 Å². The minimum atomic E-state index is -4.61. The zero-order valence-electron chi connectivity index (χ0n) is 6.08. The summed E-state index contributed by atoms with van der Waals surface area (Å²) in [7, 11) is -4.61. The van der Waals surface area contributed by atoms with Crippen LogP contribution in [0.3, 0.4) is 0 Å². The molecule has 0 amide bonds. The second kappa shape index (κ2) is 5.03. The minimum Gasteiger partial charge on any atom is -0.467 e. The van der Waals surface area contributed by atoms with Crippen LogP contribution in [-0.2, 0) is 6.61 Å². The summed E-state index contributed by atoms with van der Waals surface area (Å²) in [6, 6.07) is 3.46.